The highest BCUT2D eigenvalue weighted by molar-refractivity contribution is 7.93. The first-order valence-corrected chi connectivity index (χ1v) is 23.2. The molecule has 0 aliphatic heterocycles. The molecule has 0 spiro atoms. The van der Waals surface area contributed by atoms with Gasteiger partial charge in [0.15, 0.2) is 0 Å². The Morgan fingerprint density at radius 3 is 1.45 bits per heavy atom. The van der Waals surface area contributed by atoms with Crippen LogP contribution in [0.3, 0.4) is 0 Å². The first-order valence-electron chi connectivity index (χ1n) is 20.2. The maximum absolute atomic E-state index is 12.9. The molecule has 0 aliphatic carbocycles. The number of hydrogen-bond acceptors (Lipinski definition) is 12. The number of aromatic carboxylic acids is 1. The fraction of sp³-hybridized carbons (Fsp3) is 0.125. The Labute approximate surface area is 385 Å². The molecule has 1 aromatic heterocycles. The number of nitrogens with zero attached hydrogens (tertiary/aromatic N) is 1. The van der Waals surface area contributed by atoms with E-state index in [1.54, 1.807) is 103 Å². The molecule has 0 atom stereocenters. The summed E-state index contributed by atoms with van der Waals surface area (Å²) in [6.45, 7) is 0.840. The van der Waals surface area contributed by atoms with Crippen molar-refractivity contribution in [3.63, 3.8) is 0 Å². The number of aromatic nitrogens is 1. The van der Waals surface area contributed by atoms with E-state index in [0.717, 1.165) is 5.39 Å². The average Bonchev–Trinajstić information content (AvgIpc) is 3.31. The molecule has 5 N–H and O–H groups in total. The lowest BCUT2D eigenvalue weighted by Gasteiger charge is -2.12. The molecule has 7 rings (SSSR count). The van der Waals surface area contributed by atoms with Crippen LogP contribution in [0.4, 0.5) is 11.4 Å². The summed E-state index contributed by atoms with van der Waals surface area (Å²) in [6.07, 6.45) is 1.29. The Hall–Kier alpha value is -8.16. The highest BCUT2D eigenvalue weighted by Gasteiger charge is 2.19. The fourth-order valence-electron chi connectivity index (χ4n) is 6.26. The van der Waals surface area contributed by atoms with Crippen molar-refractivity contribution in [2.45, 2.75) is 22.6 Å². The number of pyridine rings is 1. The van der Waals surface area contributed by atoms with E-state index in [2.05, 4.69) is 14.4 Å². The summed E-state index contributed by atoms with van der Waals surface area (Å²) in [5, 5.41) is 27.6. The van der Waals surface area contributed by atoms with Crippen molar-refractivity contribution in [3.8, 4) is 23.0 Å². The van der Waals surface area contributed by atoms with Crippen LogP contribution in [0, 0.1) is 0 Å². The molecule has 0 unspecified atom stereocenters. The first kappa shape index (κ1) is 48.3. The average molecular weight is 950 g/mol. The van der Waals surface area contributed by atoms with E-state index in [0.29, 0.717) is 51.0 Å². The normalized spacial score (nSPS) is 11.0. The molecule has 19 heteroatoms. The Bertz CT molecular complexity index is 3040. The van der Waals surface area contributed by atoms with Gasteiger partial charge in [-0.2, -0.15) is 0 Å². The highest BCUT2D eigenvalue weighted by atomic mass is 32.2. The molecule has 0 amide bonds. The van der Waals surface area contributed by atoms with E-state index < -0.39 is 38.0 Å². The van der Waals surface area contributed by atoms with Crippen LogP contribution in [-0.4, -0.2) is 81.5 Å². The molecule has 0 saturated carbocycles. The Balaban J connectivity index is 0.000000221. The summed E-state index contributed by atoms with van der Waals surface area (Å²) < 4.78 is 78.2. The van der Waals surface area contributed by atoms with Crippen molar-refractivity contribution >= 4 is 60.2 Å². The lowest BCUT2D eigenvalue weighted by atomic mass is 10.1. The molecule has 0 aliphatic rings. The standard InChI is InChI=1S/C25H22N2O6S.C23H21NO8S/c28-24(29)17-19-5-1-2-8-22(19)33-16-15-32-21-12-10-20(11-13-21)27-34(30,31)23-9-3-6-18-7-4-14-26-25(18)23;25-22(26)15-17-3-1-2-4-21(17)32-14-13-31-19-9-7-18(8-10-19)24-33(29,30)20-11-5-16(6-12-20)23(27)28/h1-14,27H,15-17H2,(H,28,29);1-12,24H,13-15H2,(H,25,26)(H,27,28). The monoisotopic (exact) mass is 949 g/mol. The number of anilines is 2. The van der Waals surface area contributed by atoms with E-state index in [-0.39, 0.29) is 54.6 Å². The van der Waals surface area contributed by atoms with Crippen LogP contribution in [0.1, 0.15) is 21.5 Å². The second-order valence-electron chi connectivity index (χ2n) is 14.2. The zero-order chi connectivity index (χ0) is 47.8. The van der Waals surface area contributed by atoms with Crippen molar-refractivity contribution in [2.24, 2.45) is 0 Å². The third kappa shape index (κ3) is 14.2. The van der Waals surface area contributed by atoms with Crippen LogP contribution in [0.2, 0.25) is 0 Å². The van der Waals surface area contributed by atoms with Crippen molar-refractivity contribution in [3.05, 3.63) is 175 Å². The zero-order valence-corrected chi connectivity index (χ0v) is 37.0. The molecule has 17 nitrogen and oxygen atoms in total. The number of aliphatic carboxylic acids is 2. The molecule has 7 aromatic rings. The van der Waals surface area contributed by atoms with Crippen LogP contribution < -0.4 is 28.4 Å². The number of nitrogens with one attached hydrogen (secondary N) is 2. The summed E-state index contributed by atoms with van der Waals surface area (Å²) in [4.78, 5) is 37.0. The molecule has 6 aromatic carbocycles. The smallest absolute Gasteiger partial charge is 0.335 e. The van der Waals surface area contributed by atoms with E-state index in [4.69, 9.17) is 34.3 Å². The molecule has 346 valence electrons. The topological polar surface area (TPSA) is 254 Å². The Morgan fingerprint density at radius 2 is 0.955 bits per heavy atom. The van der Waals surface area contributed by atoms with Gasteiger partial charge in [0.05, 0.1) is 28.8 Å². The van der Waals surface area contributed by atoms with Gasteiger partial charge in [-0.25, -0.2) is 21.6 Å². The summed E-state index contributed by atoms with van der Waals surface area (Å²) in [5.74, 6) is -1.01. The molecule has 0 saturated heterocycles. The van der Waals surface area contributed by atoms with E-state index in [9.17, 15) is 31.2 Å². The number of carbonyl (C=O) groups is 3. The van der Waals surface area contributed by atoms with Crippen molar-refractivity contribution < 1.29 is 65.5 Å². The van der Waals surface area contributed by atoms with Gasteiger partial charge in [-0.1, -0.05) is 54.6 Å². The number of rotatable bonds is 21. The maximum atomic E-state index is 12.9. The van der Waals surface area contributed by atoms with Gasteiger partial charge in [0.2, 0.25) is 0 Å². The number of carboxylic acids is 3. The van der Waals surface area contributed by atoms with Gasteiger partial charge in [0.1, 0.15) is 54.3 Å². The minimum absolute atomic E-state index is 0.00944. The van der Waals surface area contributed by atoms with Gasteiger partial charge >= 0.3 is 17.9 Å². The summed E-state index contributed by atoms with van der Waals surface area (Å²) >= 11 is 0. The van der Waals surface area contributed by atoms with Gasteiger partial charge in [-0.3, -0.25) is 24.0 Å². The number of fused-ring (bicyclic) bond motifs is 1. The predicted molar refractivity (Wildman–Crippen MR) is 247 cm³/mol. The Morgan fingerprint density at radius 1 is 0.493 bits per heavy atom. The third-order valence-corrected chi connectivity index (χ3v) is 12.2. The maximum Gasteiger partial charge on any atom is 0.335 e. The Kier molecular flexibility index (Phi) is 16.3. The summed E-state index contributed by atoms with van der Waals surface area (Å²) in [7, 11) is -7.71. The molecule has 1 heterocycles. The number of hydrogen-bond donors (Lipinski definition) is 5. The van der Waals surface area contributed by atoms with E-state index >= 15 is 0 Å². The van der Waals surface area contributed by atoms with Crippen LogP contribution in [0.5, 0.6) is 23.0 Å². The van der Waals surface area contributed by atoms with Gasteiger partial charge < -0.3 is 34.3 Å². The van der Waals surface area contributed by atoms with Gasteiger partial charge in [0, 0.05) is 34.1 Å². The highest BCUT2D eigenvalue weighted by Crippen LogP contribution is 2.26. The molecule has 0 fully saturated rings. The second kappa shape index (κ2) is 22.6. The minimum Gasteiger partial charge on any atom is -0.490 e. The van der Waals surface area contributed by atoms with Crippen molar-refractivity contribution in [1.82, 2.24) is 4.98 Å². The molecular formula is C48H43N3O14S2. The van der Waals surface area contributed by atoms with Crippen LogP contribution in [-0.2, 0) is 42.5 Å². The third-order valence-electron chi connectivity index (χ3n) is 9.36. The molecule has 0 radical (unpaired) electrons. The second-order valence-corrected chi connectivity index (χ2v) is 17.5. The van der Waals surface area contributed by atoms with Crippen LogP contribution in [0.15, 0.2) is 168 Å². The zero-order valence-electron chi connectivity index (χ0n) is 35.3. The van der Waals surface area contributed by atoms with Gasteiger partial charge in [-0.05, 0) is 97.1 Å². The van der Waals surface area contributed by atoms with E-state index in [1.807, 2.05) is 12.1 Å². The molecule has 67 heavy (non-hydrogen) atoms. The fourth-order valence-corrected chi connectivity index (χ4v) is 8.56. The first-order chi connectivity index (χ1) is 32.2. The molecule has 0 bridgehead atoms. The van der Waals surface area contributed by atoms with Crippen molar-refractivity contribution in [2.75, 3.05) is 35.9 Å². The van der Waals surface area contributed by atoms with Gasteiger partial charge in [-0.15, -0.1) is 0 Å². The van der Waals surface area contributed by atoms with Crippen LogP contribution >= 0.6 is 0 Å². The lowest BCUT2D eigenvalue weighted by molar-refractivity contribution is -0.137. The number of benzene rings is 6. The number of ether oxygens (including phenoxy) is 4. The minimum atomic E-state index is -3.88. The quantitative estimate of drug-likeness (QED) is 0.0440. The van der Waals surface area contributed by atoms with Gasteiger partial charge in [0.25, 0.3) is 20.0 Å². The number of para-hydroxylation sites is 3. The lowest BCUT2D eigenvalue weighted by Crippen LogP contribution is -2.14. The van der Waals surface area contributed by atoms with E-state index in [1.165, 1.54) is 42.5 Å². The number of sulfonamides is 2. The van der Waals surface area contributed by atoms with Crippen LogP contribution in [0.25, 0.3) is 10.9 Å². The SMILES string of the molecule is O=C(O)Cc1ccccc1OCCOc1ccc(NS(=O)(=O)c2ccc(C(=O)O)cc2)cc1.O=C(O)Cc1ccccc1OCCOc1ccc(NS(=O)(=O)c2cccc3cccnc23)cc1. The number of carboxylic acid groups (broad SMARTS) is 3. The predicted octanol–water partition coefficient (Wildman–Crippen LogP) is 7.39. The van der Waals surface area contributed by atoms with Crippen molar-refractivity contribution in [1.29, 1.82) is 0 Å². The summed E-state index contributed by atoms with van der Waals surface area (Å²) in [5.41, 5.74) is 2.25. The largest absolute Gasteiger partial charge is 0.490 e. The summed E-state index contributed by atoms with van der Waals surface area (Å²) in [6, 6.07) is 40.0. The molecular weight excluding hydrogens is 907 g/mol.